The van der Waals surface area contributed by atoms with Gasteiger partial charge in [0.15, 0.2) is 0 Å². The summed E-state index contributed by atoms with van der Waals surface area (Å²) in [7, 11) is 0. The van der Waals surface area contributed by atoms with E-state index in [4.69, 9.17) is 0 Å². The lowest BCUT2D eigenvalue weighted by molar-refractivity contribution is 0.102. The van der Waals surface area contributed by atoms with E-state index in [1.807, 2.05) is 0 Å². The van der Waals surface area contributed by atoms with Crippen LogP contribution < -0.4 is 5.32 Å². The summed E-state index contributed by atoms with van der Waals surface area (Å²) in [6.07, 6.45) is 7.85. The average Bonchev–Trinajstić information content (AvgIpc) is 2.30. The van der Waals surface area contributed by atoms with Crippen molar-refractivity contribution in [3.05, 3.63) is 0 Å². The zero-order valence-corrected chi connectivity index (χ0v) is 8.97. The third-order valence-electron chi connectivity index (χ3n) is 3.89. The number of hydrogen-bond acceptors (Lipinski definition) is 1. The van der Waals surface area contributed by atoms with Crippen molar-refractivity contribution in [2.45, 2.75) is 51.1 Å². The fourth-order valence-electron chi connectivity index (χ4n) is 2.99. The predicted molar refractivity (Wildman–Crippen MR) is 57.1 cm³/mol. The highest BCUT2D eigenvalue weighted by Gasteiger charge is 2.31. The maximum Gasteiger partial charge on any atom is 0.107 e. The lowest BCUT2D eigenvalue weighted by Gasteiger charge is -2.32. The third kappa shape index (κ3) is 2.47. The van der Waals surface area contributed by atoms with E-state index in [0.29, 0.717) is 11.8 Å². The van der Waals surface area contributed by atoms with Gasteiger partial charge in [-0.3, -0.25) is 0 Å². The number of alkyl halides is 1. The number of nitrogens with one attached hydrogen (secondary N) is 1. The maximum atomic E-state index is 14.1. The van der Waals surface area contributed by atoms with Crippen LogP contribution in [-0.4, -0.2) is 19.3 Å². The van der Waals surface area contributed by atoms with Crippen molar-refractivity contribution in [3.63, 3.8) is 0 Å². The van der Waals surface area contributed by atoms with Crippen molar-refractivity contribution >= 4 is 0 Å². The van der Waals surface area contributed by atoms with Gasteiger partial charge in [0, 0.05) is 12.5 Å². The number of hydrogen-bond donors (Lipinski definition) is 1. The summed E-state index contributed by atoms with van der Waals surface area (Å²) in [5, 5.41) is 3.31. The highest BCUT2D eigenvalue weighted by atomic mass is 19.1. The van der Waals surface area contributed by atoms with Gasteiger partial charge in [-0.1, -0.05) is 19.3 Å². The second kappa shape index (κ2) is 5.11. The Bertz CT molecular complexity index is 142. The van der Waals surface area contributed by atoms with Gasteiger partial charge >= 0.3 is 0 Å². The minimum absolute atomic E-state index is 0.312. The number of piperidine rings is 1. The van der Waals surface area contributed by atoms with Gasteiger partial charge < -0.3 is 5.32 Å². The Hall–Kier alpha value is -0.110. The van der Waals surface area contributed by atoms with E-state index in [-0.39, 0.29) is 0 Å². The highest BCUT2D eigenvalue weighted by Crippen LogP contribution is 2.33. The van der Waals surface area contributed by atoms with Crippen LogP contribution in [0.4, 0.5) is 4.39 Å². The van der Waals surface area contributed by atoms with Gasteiger partial charge in [0.25, 0.3) is 0 Å². The van der Waals surface area contributed by atoms with Crippen molar-refractivity contribution in [2.24, 2.45) is 11.8 Å². The van der Waals surface area contributed by atoms with Gasteiger partial charge in [-0.05, 0) is 38.1 Å². The molecule has 0 aromatic carbocycles. The molecule has 0 bridgehead atoms. The lowest BCUT2D eigenvalue weighted by atomic mass is 9.79. The van der Waals surface area contributed by atoms with E-state index in [1.54, 1.807) is 0 Å². The predicted octanol–water partition coefficient (Wildman–Crippen LogP) is 2.90. The van der Waals surface area contributed by atoms with E-state index >= 15 is 0 Å². The second-order valence-electron chi connectivity index (χ2n) is 4.95. The summed E-state index contributed by atoms with van der Waals surface area (Å²) in [4.78, 5) is 0. The molecule has 0 spiro atoms. The van der Waals surface area contributed by atoms with Crippen LogP contribution in [-0.2, 0) is 0 Å². The van der Waals surface area contributed by atoms with E-state index < -0.39 is 6.17 Å². The molecule has 82 valence electrons. The first-order valence-electron chi connectivity index (χ1n) is 6.22. The molecule has 1 heterocycles. The van der Waals surface area contributed by atoms with Crippen LogP contribution in [0.3, 0.4) is 0 Å². The van der Waals surface area contributed by atoms with Gasteiger partial charge in [0.2, 0.25) is 0 Å². The topological polar surface area (TPSA) is 12.0 Å². The minimum atomic E-state index is -0.525. The first kappa shape index (κ1) is 10.4. The van der Waals surface area contributed by atoms with E-state index in [0.717, 1.165) is 38.8 Å². The molecule has 1 aliphatic heterocycles. The SMILES string of the molecule is FC(C1CCCCC1)C1CCCNC1. The van der Waals surface area contributed by atoms with Crippen LogP contribution in [0.25, 0.3) is 0 Å². The Kier molecular flexibility index (Phi) is 3.80. The van der Waals surface area contributed by atoms with Crippen LogP contribution in [0.5, 0.6) is 0 Å². The smallest absolute Gasteiger partial charge is 0.107 e. The normalized spacial score (nSPS) is 32.8. The second-order valence-corrected chi connectivity index (χ2v) is 4.95. The first-order valence-corrected chi connectivity index (χ1v) is 6.22. The Labute approximate surface area is 86.5 Å². The quantitative estimate of drug-likeness (QED) is 0.721. The zero-order chi connectivity index (χ0) is 9.80. The molecule has 0 amide bonds. The average molecular weight is 199 g/mol. The largest absolute Gasteiger partial charge is 0.316 e. The van der Waals surface area contributed by atoms with E-state index in [2.05, 4.69) is 5.32 Å². The zero-order valence-electron chi connectivity index (χ0n) is 8.97. The van der Waals surface area contributed by atoms with Gasteiger partial charge in [-0.25, -0.2) is 4.39 Å². The molecule has 0 radical (unpaired) electrons. The van der Waals surface area contributed by atoms with Crippen LogP contribution >= 0.6 is 0 Å². The molecular formula is C12H22FN. The molecule has 2 heteroatoms. The third-order valence-corrected chi connectivity index (χ3v) is 3.89. The number of rotatable bonds is 2. The van der Waals surface area contributed by atoms with Gasteiger partial charge in [0.1, 0.15) is 6.17 Å². The lowest BCUT2D eigenvalue weighted by Crippen LogP contribution is -2.38. The molecule has 2 fully saturated rings. The molecule has 2 unspecified atom stereocenters. The summed E-state index contributed by atoms with van der Waals surface area (Å²) >= 11 is 0. The Morgan fingerprint density at radius 1 is 0.929 bits per heavy atom. The summed E-state index contributed by atoms with van der Waals surface area (Å²) in [6.45, 7) is 2.01. The molecule has 1 nitrogen and oxygen atoms in total. The van der Waals surface area contributed by atoms with Crippen molar-refractivity contribution in [3.8, 4) is 0 Å². The van der Waals surface area contributed by atoms with Gasteiger partial charge in [-0.2, -0.15) is 0 Å². The highest BCUT2D eigenvalue weighted by molar-refractivity contribution is 4.82. The Morgan fingerprint density at radius 3 is 2.29 bits per heavy atom. The number of halogens is 1. The summed E-state index contributed by atoms with van der Waals surface area (Å²) in [6, 6.07) is 0. The summed E-state index contributed by atoms with van der Waals surface area (Å²) < 4.78 is 14.1. The molecular weight excluding hydrogens is 177 g/mol. The van der Waals surface area contributed by atoms with E-state index in [9.17, 15) is 4.39 Å². The maximum absolute atomic E-state index is 14.1. The minimum Gasteiger partial charge on any atom is -0.316 e. The molecule has 2 rings (SSSR count). The van der Waals surface area contributed by atoms with Crippen molar-refractivity contribution in [2.75, 3.05) is 13.1 Å². The standard InChI is InChI=1S/C12H22FN/c13-12(10-5-2-1-3-6-10)11-7-4-8-14-9-11/h10-12,14H,1-9H2. The monoisotopic (exact) mass is 199 g/mol. The van der Waals surface area contributed by atoms with Gasteiger partial charge in [0.05, 0.1) is 0 Å². The van der Waals surface area contributed by atoms with Crippen LogP contribution in [0, 0.1) is 11.8 Å². The molecule has 2 aliphatic rings. The van der Waals surface area contributed by atoms with Crippen LogP contribution in [0.2, 0.25) is 0 Å². The molecule has 1 aliphatic carbocycles. The molecule has 14 heavy (non-hydrogen) atoms. The summed E-state index contributed by atoms with van der Waals surface area (Å²) in [5.41, 5.74) is 0. The molecule has 2 atom stereocenters. The fraction of sp³-hybridized carbons (Fsp3) is 1.00. The summed E-state index contributed by atoms with van der Waals surface area (Å²) in [5.74, 6) is 0.695. The molecule has 0 aromatic rings. The van der Waals surface area contributed by atoms with Crippen LogP contribution in [0.1, 0.15) is 44.9 Å². The van der Waals surface area contributed by atoms with Crippen molar-refractivity contribution < 1.29 is 4.39 Å². The molecule has 1 saturated carbocycles. The van der Waals surface area contributed by atoms with Gasteiger partial charge in [-0.15, -0.1) is 0 Å². The van der Waals surface area contributed by atoms with Crippen molar-refractivity contribution in [1.29, 1.82) is 0 Å². The van der Waals surface area contributed by atoms with Crippen molar-refractivity contribution in [1.82, 2.24) is 5.32 Å². The Balaban J connectivity index is 1.82. The Morgan fingerprint density at radius 2 is 1.64 bits per heavy atom. The first-order chi connectivity index (χ1) is 6.88. The molecule has 1 saturated heterocycles. The molecule has 1 N–H and O–H groups in total. The van der Waals surface area contributed by atoms with E-state index in [1.165, 1.54) is 19.3 Å². The fourth-order valence-corrected chi connectivity index (χ4v) is 2.99. The molecule has 0 aromatic heterocycles. The van der Waals surface area contributed by atoms with Crippen LogP contribution in [0.15, 0.2) is 0 Å².